The number of likely N-dealkylation sites (N-methyl/N-ethyl adjacent to an activating group) is 1. The second kappa shape index (κ2) is 6.50. The number of amides is 1. The molecule has 114 valence electrons. The zero-order chi connectivity index (χ0) is 14.7. The number of aryl methyl sites for hydroxylation is 1. The van der Waals surface area contributed by atoms with E-state index >= 15 is 0 Å². The van der Waals surface area contributed by atoms with Crippen LogP contribution < -0.4 is 4.90 Å². The van der Waals surface area contributed by atoms with Gasteiger partial charge in [-0.1, -0.05) is 37.5 Å². The molecule has 1 fully saturated rings. The zero-order valence-electron chi connectivity index (χ0n) is 13.1. The number of hydrogen-bond donors (Lipinski definition) is 0. The van der Waals surface area contributed by atoms with Gasteiger partial charge in [0.05, 0.1) is 6.54 Å². The molecular weight excluding hydrogens is 260 g/mol. The van der Waals surface area contributed by atoms with Crippen LogP contribution >= 0.6 is 0 Å². The van der Waals surface area contributed by atoms with E-state index in [0.29, 0.717) is 12.6 Å². The fraction of sp³-hybridized carbons (Fsp3) is 0.611. The predicted molar refractivity (Wildman–Crippen MR) is 86.6 cm³/mol. The van der Waals surface area contributed by atoms with Gasteiger partial charge in [-0.15, -0.1) is 0 Å². The first-order valence-corrected chi connectivity index (χ1v) is 8.34. The van der Waals surface area contributed by atoms with Gasteiger partial charge in [0.2, 0.25) is 5.91 Å². The lowest BCUT2D eigenvalue weighted by Gasteiger charge is -2.35. The van der Waals surface area contributed by atoms with Crippen LogP contribution in [0.1, 0.15) is 44.1 Å². The molecule has 0 radical (unpaired) electrons. The third kappa shape index (κ3) is 3.22. The average molecular weight is 286 g/mol. The van der Waals surface area contributed by atoms with Gasteiger partial charge in [0, 0.05) is 25.3 Å². The van der Waals surface area contributed by atoms with Crippen LogP contribution in [0, 0.1) is 0 Å². The SMILES string of the molecule is CN(C(=O)CN1CCCc2ccccc21)C1CCCCC1. The van der Waals surface area contributed by atoms with Gasteiger partial charge in [-0.3, -0.25) is 4.79 Å². The highest BCUT2D eigenvalue weighted by Gasteiger charge is 2.25. The molecule has 0 aromatic heterocycles. The molecule has 21 heavy (non-hydrogen) atoms. The maximum atomic E-state index is 12.6. The summed E-state index contributed by atoms with van der Waals surface area (Å²) in [7, 11) is 1.99. The molecule has 1 aliphatic heterocycles. The molecule has 1 aliphatic carbocycles. The van der Waals surface area contributed by atoms with Gasteiger partial charge in [-0.2, -0.15) is 0 Å². The zero-order valence-corrected chi connectivity index (χ0v) is 13.1. The number of para-hydroxylation sites is 1. The number of benzene rings is 1. The molecule has 0 unspecified atom stereocenters. The van der Waals surface area contributed by atoms with Crippen molar-refractivity contribution in [3.8, 4) is 0 Å². The van der Waals surface area contributed by atoms with E-state index in [1.807, 2.05) is 11.9 Å². The Labute approximate surface area is 127 Å². The van der Waals surface area contributed by atoms with Crippen molar-refractivity contribution in [2.45, 2.75) is 51.0 Å². The number of rotatable bonds is 3. The first-order valence-electron chi connectivity index (χ1n) is 8.34. The quantitative estimate of drug-likeness (QED) is 0.851. The summed E-state index contributed by atoms with van der Waals surface area (Å²) in [5, 5.41) is 0. The predicted octanol–water partition coefficient (Wildman–Crippen LogP) is 3.23. The Bertz CT molecular complexity index is 494. The lowest BCUT2D eigenvalue weighted by atomic mass is 9.94. The number of carbonyl (C=O) groups is 1. The molecule has 1 heterocycles. The van der Waals surface area contributed by atoms with Crippen LogP contribution in [0.15, 0.2) is 24.3 Å². The second-order valence-corrected chi connectivity index (χ2v) is 6.45. The molecule has 2 aliphatic rings. The number of nitrogens with zero attached hydrogens (tertiary/aromatic N) is 2. The molecule has 3 heteroatoms. The third-order valence-corrected chi connectivity index (χ3v) is 5.05. The van der Waals surface area contributed by atoms with Crippen LogP contribution in [0.2, 0.25) is 0 Å². The smallest absolute Gasteiger partial charge is 0.242 e. The Kier molecular flexibility index (Phi) is 4.47. The highest BCUT2D eigenvalue weighted by molar-refractivity contribution is 5.82. The van der Waals surface area contributed by atoms with E-state index in [2.05, 4.69) is 29.2 Å². The Balaban J connectivity index is 1.65. The summed E-state index contributed by atoms with van der Waals surface area (Å²) in [5.41, 5.74) is 2.64. The average Bonchev–Trinajstić information content (AvgIpc) is 2.55. The standard InChI is InChI=1S/C18H26N2O/c1-19(16-10-3-2-4-11-16)18(21)14-20-13-7-9-15-8-5-6-12-17(15)20/h5-6,8,12,16H,2-4,7,9-11,13-14H2,1H3. The van der Waals surface area contributed by atoms with Crippen molar-refractivity contribution < 1.29 is 4.79 Å². The van der Waals surface area contributed by atoms with Crippen molar-refractivity contribution in [1.82, 2.24) is 4.90 Å². The van der Waals surface area contributed by atoms with Crippen LogP contribution in [0.3, 0.4) is 0 Å². The molecule has 1 amide bonds. The van der Waals surface area contributed by atoms with Gasteiger partial charge >= 0.3 is 0 Å². The maximum Gasteiger partial charge on any atom is 0.242 e. The van der Waals surface area contributed by atoms with Crippen LogP contribution in [0.5, 0.6) is 0 Å². The van der Waals surface area contributed by atoms with Gasteiger partial charge < -0.3 is 9.80 Å². The van der Waals surface area contributed by atoms with Crippen molar-refractivity contribution in [3.05, 3.63) is 29.8 Å². The number of anilines is 1. The van der Waals surface area contributed by atoms with Crippen LogP contribution in [0.4, 0.5) is 5.69 Å². The third-order valence-electron chi connectivity index (χ3n) is 5.05. The molecule has 0 bridgehead atoms. The van der Waals surface area contributed by atoms with E-state index in [1.54, 1.807) is 0 Å². The molecule has 1 aromatic rings. The monoisotopic (exact) mass is 286 g/mol. The van der Waals surface area contributed by atoms with E-state index in [9.17, 15) is 4.79 Å². The van der Waals surface area contributed by atoms with Crippen molar-refractivity contribution in [2.75, 3.05) is 25.0 Å². The fourth-order valence-electron chi connectivity index (χ4n) is 3.72. The van der Waals surface area contributed by atoms with E-state index in [-0.39, 0.29) is 5.91 Å². The highest BCUT2D eigenvalue weighted by atomic mass is 16.2. The first kappa shape index (κ1) is 14.4. The molecule has 1 saturated carbocycles. The summed E-state index contributed by atoms with van der Waals surface area (Å²) in [5.74, 6) is 0.276. The van der Waals surface area contributed by atoms with Crippen molar-refractivity contribution >= 4 is 11.6 Å². The molecule has 0 atom stereocenters. The van der Waals surface area contributed by atoms with E-state index in [1.165, 1.54) is 43.4 Å². The van der Waals surface area contributed by atoms with Crippen molar-refractivity contribution in [1.29, 1.82) is 0 Å². The number of carbonyl (C=O) groups excluding carboxylic acids is 1. The Morgan fingerprint density at radius 1 is 1.19 bits per heavy atom. The fourth-order valence-corrected chi connectivity index (χ4v) is 3.72. The normalized spacial score (nSPS) is 19.2. The number of fused-ring (bicyclic) bond motifs is 1. The second-order valence-electron chi connectivity index (χ2n) is 6.45. The minimum atomic E-state index is 0.276. The summed E-state index contributed by atoms with van der Waals surface area (Å²) >= 11 is 0. The topological polar surface area (TPSA) is 23.6 Å². The summed E-state index contributed by atoms with van der Waals surface area (Å²) in [6.07, 6.45) is 8.52. The van der Waals surface area contributed by atoms with Gasteiger partial charge in [0.1, 0.15) is 0 Å². The van der Waals surface area contributed by atoms with Gasteiger partial charge in [-0.25, -0.2) is 0 Å². The van der Waals surface area contributed by atoms with Crippen LogP contribution in [-0.2, 0) is 11.2 Å². The molecular formula is C18H26N2O. The largest absolute Gasteiger partial charge is 0.362 e. The molecule has 0 N–H and O–H groups in total. The molecule has 0 spiro atoms. The molecule has 0 saturated heterocycles. The van der Waals surface area contributed by atoms with Gasteiger partial charge in [0.25, 0.3) is 0 Å². The summed E-state index contributed by atoms with van der Waals surface area (Å²) in [6.45, 7) is 1.53. The minimum absolute atomic E-state index is 0.276. The lowest BCUT2D eigenvalue weighted by molar-refractivity contribution is -0.131. The van der Waals surface area contributed by atoms with E-state index in [4.69, 9.17) is 0 Å². The van der Waals surface area contributed by atoms with Crippen molar-refractivity contribution in [2.24, 2.45) is 0 Å². The number of hydrogen-bond acceptors (Lipinski definition) is 2. The summed E-state index contributed by atoms with van der Waals surface area (Å²) < 4.78 is 0. The Morgan fingerprint density at radius 2 is 1.95 bits per heavy atom. The molecule has 1 aromatic carbocycles. The van der Waals surface area contributed by atoms with Crippen molar-refractivity contribution in [3.63, 3.8) is 0 Å². The highest BCUT2D eigenvalue weighted by Crippen LogP contribution is 2.27. The minimum Gasteiger partial charge on any atom is -0.362 e. The van der Waals surface area contributed by atoms with Gasteiger partial charge in [-0.05, 0) is 37.3 Å². The summed E-state index contributed by atoms with van der Waals surface area (Å²) in [6, 6.07) is 8.98. The Hall–Kier alpha value is -1.51. The van der Waals surface area contributed by atoms with Gasteiger partial charge in [0.15, 0.2) is 0 Å². The maximum absolute atomic E-state index is 12.6. The van der Waals surface area contributed by atoms with E-state index < -0.39 is 0 Å². The van der Waals surface area contributed by atoms with Crippen LogP contribution in [0.25, 0.3) is 0 Å². The first-order chi connectivity index (χ1) is 10.3. The van der Waals surface area contributed by atoms with Crippen LogP contribution in [-0.4, -0.2) is 37.0 Å². The molecule has 3 rings (SSSR count). The summed E-state index contributed by atoms with van der Waals surface area (Å²) in [4.78, 5) is 16.9. The molecule has 3 nitrogen and oxygen atoms in total. The lowest BCUT2D eigenvalue weighted by Crippen LogP contribution is -2.45. The van der Waals surface area contributed by atoms with E-state index in [0.717, 1.165) is 19.4 Å². The Morgan fingerprint density at radius 3 is 2.76 bits per heavy atom.